The molecule has 11 heteroatoms. The minimum Gasteiger partial charge on any atom is -1.00 e. The molecule has 1 aromatic rings. The van der Waals surface area contributed by atoms with Crippen molar-refractivity contribution in [2.75, 3.05) is 11.1 Å². The molecule has 0 saturated heterocycles. The van der Waals surface area contributed by atoms with Crippen molar-refractivity contribution in [2.24, 2.45) is 0 Å². The number of anilines is 1. The molecule has 0 bridgehead atoms. The van der Waals surface area contributed by atoms with Gasteiger partial charge in [-0.15, -0.1) is 5.10 Å². The van der Waals surface area contributed by atoms with Crippen LogP contribution >= 0.6 is 23.6 Å². The Bertz CT molecular complexity index is 497. The number of aromatic nitrogens is 2. The zero-order valence-corrected chi connectivity index (χ0v) is 12.0. The fourth-order valence-electron chi connectivity index (χ4n) is 0.604. The van der Waals surface area contributed by atoms with Crippen molar-refractivity contribution in [3.05, 3.63) is 3.95 Å². The number of hydrogen-bond donors (Lipinski definition) is 3. The van der Waals surface area contributed by atoms with Gasteiger partial charge in [-0.2, -0.15) is 8.42 Å². The van der Waals surface area contributed by atoms with Gasteiger partial charge in [0.1, 0.15) is 0 Å². The largest absolute Gasteiger partial charge is 1.00 e. The van der Waals surface area contributed by atoms with Crippen LogP contribution in [0.1, 0.15) is 1.43 Å². The maximum Gasteiger partial charge on any atom is 1.00 e. The van der Waals surface area contributed by atoms with Crippen molar-refractivity contribution in [1.82, 2.24) is 10.2 Å². The maximum atomic E-state index is 10.9. The van der Waals surface area contributed by atoms with Crippen LogP contribution in [0.15, 0.2) is 0 Å². The first-order valence-corrected chi connectivity index (χ1v) is 6.01. The van der Waals surface area contributed by atoms with Crippen LogP contribution in [0.2, 0.25) is 0 Å². The Morgan fingerprint density at radius 2 is 2.33 bits per heavy atom. The molecule has 0 atom stereocenters. The van der Waals surface area contributed by atoms with Gasteiger partial charge in [0, 0.05) is 0 Å². The number of carbonyl (C=O) groups excluding carboxylic acids is 1. The third-order valence-electron chi connectivity index (χ3n) is 0.998. The fourth-order valence-corrected chi connectivity index (χ4v) is 1.81. The molecule has 0 fully saturated rings. The van der Waals surface area contributed by atoms with E-state index in [1.807, 2.05) is 0 Å². The predicted molar refractivity (Wildman–Crippen MR) is 53.5 cm³/mol. The Kier molecular flexibility index (Phi) is 6.10. The van der Waals surface area contributed by atoms with Crippen molar-refractivity contribution in [3.63, 3.8) is 0 Å². The molecule has 0 unspecified atom stereocenters. The number of hydrogen-bond acceptors (Lipinski definition) is 6. The summed E-state index contributed by atoms with van der Waals surface area (Å²) in [6, 6.07) is 0. The van der Waals surface area contributed by atoms with E-state index in [4.69, 9.17) is 4.55 Å². The van der Waals surface area contributed by atoms with E-state index in [1.165, 1.54) is 0 Å². The first-order chi connectivity index (χ1) is 6.37. The third kappa shape index (κ3) is 6.35. The molecule has 1 rings (SSSR count). The summed E-state index contributed by atoms with van der Waals surface area (Å²) in [6.07, 6.45) is 0. The van der Waals surface area contributed by atoms with Gasteiger partial charge in [0.15, 0.2) is 9.71 Å². The molecule has 7 nitrogen and oxygen atoms in total. The van der Waals surface area contributed by atoms with Crippen LogP contribution in [-0.4, -0.2) is 34.8 Å². The Morgan fingerprint density at radius 3 is 2.73 bits per heavy atom. The Balaban J connectivity index is 0. The molecule has 0 spiro atoms. The summed E-state index contributed by atoms with van der Waals surface area (Å²) in [6.45, 7) is 0. The Morgan fingerprint density at radius 1 is 1.73 bits per heavy atom. The number of nitrogens with zero attached hydrogens (tertiary/aromatic N) is 1. The van der Waals surface area contributed by atoms with Gasteiger partial charge in [0.25, 0.3) is 10.1 Å². The van der Waals surface area contributed by atoms with E-state index >= 15 is 0 Å². The van der Waals surface area contributed by atoms with Gasteiger partial charge in [0.2, 0.25) is 11.0 Å². The topological polar surface area (TPSA) is 112 Å². The van der Waals surface area contributed by atoms with Gasteiger partial charge in [-0.1, -0.05) is 11.3 Å². The molecule has 0 aliphatic carbocycles. The molecule has 1 amide bonds. The molecule has 0 aromatic carbocycles. The predicted octanol–water partition coefficient (Wildman–Crippen LogP) is -2.86. The van der Waals surface area contributed by atoms with E-state index in [-0.39, 0.29) is 36.1 Å². The standard InChI is InChI=1S/C4H5N3O4S3.Na.H/c8-2(1-14(9,10)11)5-3-6-7-4(12)13-3;;/h1H2,(H,7,12)(H,5,6,8)(H,9,10,11);;/q;+1;-1. The number of nitrogens with one attached hydrogen (secondary N) is 2. The molecule has 0 radical (unpaired) electrons. The van der Waals surface area contributed by atoms with E-state index in [2.05, 4.69) is 27.7 Å². The number of carbonyl (C=O) groups is 1. The molecular formula is C4H6N3NaO4S3. The number of amides is 1. The van der Waals surface area contributed by atoms with Crippen molar-refractivity contribution >= 4 is 44.7 Å². The van der Waals surface area contributed by atoms with Crippen LogP contribution in [0.5, 0.6) is 0 Å². The van der Waals surface area contributed by atoms with Gasteiger partial charge >= 0.3 is 29.6 Å². The van der Waals surface area contributed by atoms with Crippen LogP contribution in [0.3, 0.4) is 0 Å². The minimum atomic E-state index is -4.31. The average Bonchev–Trinajstić information content (AvgIpc) is 2.30. The van der Waals surface area contributed by atoms with Gasteiger partial charge in [0.05, 0.1) is 0 Å². The van der Waals surface area contributed by atoms with Crippen LogP contribution < -0.4 is 34.9 Å². The maximum absolute atomic E-state index is 10.9. The SMILES string of the molecule is O=C(CS(=O)(=O)O)Nc1n[nH]c(=S)s1.[H-].[Na+]. The molecule has 1 heterocycles. The summed E-state index contributed by atoms with van der Waals surface area (Å²) in [7, 11) is -4.31. The van der Waals surface area contributed by atoms with E-state index in [0.29, 0.717) is 3.95 Å². The molecule has 0 aliphatic rings. The molecule has 15 heavy (non-hydrogen) atoms. The number of aromatic amines is 1. The zero-order chi connectivity index (χ0) is 10.8. The third-order valence-corrected chi connectivity index (χ3v) is 2.63. The van der Waals surface area contributed by atoms with Gasteiger partial charge in [-0.05, 0) is 12.2 Å². The van der Waals surface area contributed by atoms with Crippen LogP contribution in [-0.2, 0) is 14.9 Å². The molecular weight excluding hydrogens is 273 g/mol. The van der Waals surface area contributed by atoms with Crippen molar-refractivity contribution in [2.45, 2.75) is 0 Å². The van der Waals surface area contributed by atoms with E-state index in [9.17, 15) is 13.2 Å². The van der Waals surface area contributed by atoms with Crippen LogP contribution in [0, 0.1) is 3.95 Å². The Hall–Kier alpha value is 0.160. The first kappa shape index (κ1) is 15.2. The van der Waals surface area contributed by atoms with Crippen molar-refractivity contribution in [3.8, 4) is 0 Å². The summed E-state index contributed by atoms with van der Waals surface area (Å²) < 4.78 is 29.3. The quantitative estimate of drug-likeness (QED) is 0.312. The summed E-state index contributed by atoms with van der Waals surface area (Å²) in [5.74, 6) is -1.87. The molecule has 80 valence electrons. The molecule has 0 saturated carbocycles. The fraction of sp³-hybridized carbons (Fsp3) is 0.250. The molecule has 1 aromatic heterocycles. The average molecular weight is 279 g/mol. The first-order valence-electron chi connectivity index (χ1n) is 3.17. The van der Waals surface area contributed by atoms with E-state index < -0.39 is 21.8 Å². The normalized spacial score (nSPS) is 10.5. The zero-order valence-electron chi connectivity index (χ0n) is 8.55. The Labute approximate surface area is 118 Å². The monoisotopic (exact) mass is 279 g/mol. The second kappa shape index (κ2) is 6.03. The second-order valence-corrected chi connectivity index (χ2v) is 5.31. The summed E-state index contributed by atoms with van der Waals surface area (Å²) in [5, 5.41) is 8.27. The van der Waals surface area contributed by atoms with Crippen LogP contribution in [0.25, 0.3) is 0 Å². The van der Waals surface area contributed by atoms with Gasteiger partial charge in [-0.25, -0.2) is 0 Å². The molecule has 3 N–H and O–H groups in total. The molecule has 0 aliphatic heterocycles. The van der Waals surface area contributed by atoms with Crippen molar-refractivity contribution in [1.29, 1.82) is 0 Å². The van der Waals surface area contributed by atoms with E-state index in [1.54, 1.807) is 0 Å². The summed E-state index contributed by atoms with van der Waals surface area (Å²) in [5.41, 5.74) is 0. The van der Waals surface area contributed by atoms with Crippen molar-refractivity contribution < 1.29 is 48.7 Å². The number of H-pyrrole nitrogens is 1. The summed E-state index contributed by atoms with van der Waals surface area (Å²) in [4.78, 5) is 10.9. The smallest absolute Gasteiger partial charge is 1.00 e. The van der Waals surface area contributed by atoms with Crippen LogP contribution in [0.4, 0.5) is 5.13 Å². The van der Waals surface area contributed by atoms with Gasteiger partial charge in [-0.3, -0.25) is 19.8 Å². The minimum absolute atomic E-state index is 0. The number of rotatable bonds is 3. The second-order valence-electron chi connectivity index (χ2n) is 2.19. The van der Waals surface area contributed by atoms with Gasteiger partial charge < -0.3 is 1.43 Å². The summed E-state index contributed by atoms with van der Waals surface area (Å²) >= 11 is 5.66. The van der Waals surface area contributed by atoms with E-state index in [0.717, 1.165) is 11.3 Å².